The van der Waals surface area contributed by atoms with Crippen LogP contribution in [0.3, 0.4) is 0 Å². The molecule has 0 radical (unpaired) electrons. The first-order valence-corrected chi connectivity index (χ1v) is 6.63. The SMILES string of the molecule is CC(C)C(C)(C)C(=O)Oc1cccc2ccccc12. The maximum absolute atomic E-state index is 12.3. The third kappa shape index (κ3) is 2.62. The number of esters is 1. The lowest BCUT2D eigenvalue weighted by Crippen LogP contribution is -2.33. The summed E-state index contributed by atoms with van der Waals surface area (Å²) in [7, 11) is 0. The summed E-state index contributed by atoms with van der Waals surface area (Å²) >= 11 is 0. The zero-order valence-electron chi connectivity index (χ0n) is 11.9. The van der Waals surface area contributed by atoms with Crippen LogP contribution in [0.15, 0.2) is 42.5 Å². The van der Waals surface area contributed by atoms with E-state index in [4.69, 9.17) is 4.74 Å². The fourth-order valence-corrected chi connectivity index (χ4v) is 1.75. The second-order valence-corrected chi connectivity index (χ2v) is 5.74. The Morgan fingerprint density at radius 3 is 2.37 bits per heavy atom. The highest BCUT2D eigenvalue weighted by atomic mass is 16.5. The Bertz CT molecular complexity index is 592. The molecule has 0 bridgehead atoms. The number of fused-ring (bicyclic) bond motifs is 1. The molecule has 0 aliphatic heterocycles. The fourth-order valence-electron chi connectivity index (χ4n) is 1.75. The van der Waals surface area contributed by atoms with Crippen molar-refractivity contribution in [3.8, 4) is 5.75 Å². The maximum Gasteiger partial charge on any atom is 0.317 e. The second kappa shape index (κ2) is 5.04. The molecule has 0 fully saturated rings. The number of ether oxygens (including phenoxy) is 1. The molecule has 0 N–H and O–H groups in total. The Balaban J connectivity index is 2.35. The van der Waals surface area contributed by atoms with Gasteiger partial charge in [-0.3, -0.25) is 4.79 Å². The first-order chi connectivity index (χ1) is 8.93. The molecule has 2 nitrogen and oxygen atoms in total. The zero-order valence-corrected chi connectivity index (χ0v) is 11.9. The van der Waals surface area contributed by atoms with E-state index in [-0.39, 0.29) is 11.9 Å². The van der Waals surface area contributed by atoms with Crippen molar-refractivity contribution in [1.29, 1.82) is 0 Å². The Hall–Kier alpha value is -1.83. The summed E-state index contributed by atoms with van der Waals surface area (Å²) in [6.45, 7) is 7.91. The van der Waals surface area contributed by atoms with Crippen LogP contribution in [0, 0.1) is 11.3 Å². The van der Waals surface area contributed by atoms with E-state index < -0.39 is 5.41 Å². The Labute approximate surface area is 114 Å². The van der Waals surface area contributed by atoms with E-state index in [9.17, 15) is 4.79 Å². The van der Waals surface area contributed by atoms with Crippen LogP contribution in [-0.4, -0.2) is 5.97 Å². The van der Waals surface area contributed by atoms with E-state index in [0.29, 0.717) is 5.75 Å². The van der Waals surface area contributed by atoms with Gasteiger partial charge in [0.15, 0.2) is 0 Å². The van der Waals surface area contributed by atoms with E-state index in [0.717, 1.165) is 10.8 Å². The van der Waals surface area contributed by atoms with Crippen LogP contribution in [0.4, 0.5) is 0 Å². The molecule has 0 aliphatic rings. The molecule has 0 spiro atoms. The number of carbonyl (C=O) groups is 1. The van der Waals surface area contributed by atoms with Crippen molar-refractivity contribution in [2.24, 2.45) is 11.3 Å². The minimum absolute atomic E-state index is 0.182. The summed E-state index contributed by atoms with van der Waals surface area (Å²) < 4.78 is 5.61. The van der Waals surface area contributed by atoms with Gasteiger partial charge in [-0.1, -0.05) is 50.2 Å². The third-order valence-corrected chi connectivity index (χ3v) is 3.92. The maximum atomic E-state index is 12.3. The molecular formula is C17H20O2. The fraction of sp³-hybridized carbons (Fsp3) is 0.353. The molecule has 0 saturated heterocycles. The van der Waals surface area contributed by atoms with Crippen molar-refractivity contribution in [1.82, 2.24) is 0 Å². The summed E-state index contributed by atoms with van der Waals surface area (Å²) in [6.07, 6.45) is 0. The molecule has 2 aromatic rings. The van der Waals surface area contributed by atoms with Crippen molar-refractivity contribution >= 4 is 16.7 Å². The highest BCUT2D eigenvalue weighted by Gasteiger charge is 2.33. The summed E-state index contributed by atoms with van der Waals surface area (Å²) in [6, 6.07) is 13.7. The van der Waals surface area contributed by atoms with Crippen molar-refractivity contribution in [3.05, 3.63) is 42.5 Å². The van der Waals surface area contributed by atoms with E-state index >= 15 is 0 Å². The molecule has 2 rings (SSSR count). The molecule has 100 valence electrons. The van der Waals surface area contributed by atoms with Crippen LogP contribution in [0.5, 0.6) is 5.75 Å². The van der Waals surface area contributed by atoms with Crippen molar-refractivity contribution in [3.63, 3.8) is 0 Å². The molecule has 0 atom stereocenters. The van der Waals surface area contributed by atoms with Crippen molar-refractivity contribution in [2.45, 2.75) is 27.7 Å². The van der Waals surface area contributed by atoms with E-state index in [1.165, 1.54) is 0 Å². The smallest absolute Gasteiger partial charge is 0.317 e. The second-order valence-electron chi connectivity index (χ2n) is 5.74. The lowest BCUT2D eigenvalue weighted by atomic mass is 9.81. The Morgan fingerprint density at radius 1 is 1.05 bits per heavy atom. The summed E-state index contributed by atoms with van der Waals surface area (Å²) in [5, 5.41) is 2.05. The number of benzene rings is 2. The number of rotatable bonds is 3. The standard InChI is InChI=1S/C17H20O2/c1-12(2)17(3,4)16(18)19-15-11-7-9-13-8-5-6-10-14(13)15/h5-12H,1-4H3. The van der Waals surface area contributed by atoms with Gasteiger partial charge in [0.05, 0.1) is 5.41 Å². The van der Waals surface area contributed by atoms with Crippen LogP contribution < -0.4 is 4.74 Å². The summed E-state index contributed by atoms with van der Waals surface area (Å²) in [5.74, 6) is 0.686. The van der Waals surface area contributed by atoms with Gasteiger partial charge >= 0.3 is 5.97 Å². The van der Waals surface area contributed by atoms with Crippen molar-refractivity contribution in [2.75, 3.05) is 0 Å². The normalized spacial score (nSPS) is 11.8. The predicted molar refractivity (Wildman–Crippen MR) is 78.2 cm³/mol. The highest BCUT2D eigenvalue weighted by Crippen LogP contribution is 2.31. The van der Waals surface area contributed by atoms with Gasteiger partial charge < -0.3 is 4.74 Å². The molecular weight excluding hydrogens is 236 g/mol. The topological polar surface area (TPSA) is 26.3 Å². The van der Waals surface area contributed by atoms with Gasteiger partial charge in [0.1, 0.15) is 5.75 Å². The Morgan fingerprint density at radius 2 is 1.68 bits per heavy atom. The number of hydrogen-bond acceptors (Lipinski definition) is 2. The zero-order chi connectivity index (χ0) is 14.0. The number of hydrogen-bond donors (Lipinski definition) is 0. The van der Waals surface area contributed by atoms with E-state index in [1.54, 1.807) is 0 Å². The minimum atomic E-state index is -0.489. The first kappa shape index (κ1) is 13.6. The highest BCUT2D eigenvalue weighted by molar-refractivity contribution is 5.91. The molecule has 0 aliphatic carbocycles. The molecule has 2 heteroatoms. The molecule has 0 saturated carbocycles. The van der Waals surface area contributed by atoms with Crippen molar-refractivity contribution < 1.29 is 9.53 Å². The molecule has 0 unspecified atom stereocenters. The Kier molecular flexibility index (Phi) is 3.61. The van der Waals surface area contributed by atoms with Gasteiger partial charge in [0.2, 0.25) is 0 Å². The lowest BCUT2D eigenvalue weighted by Gasteiger charge is -2.26. The quantitative estimate of drug-likeness (QED) is 0.600. The lowest BCUT2D eigenvalue weighted by molar-refractivity contribution is -0.146. The largest absolute Gasteiger partial charge is 0.425 e. The molecule has 19 heavy (non-hydrogen) atoms. The van der Waals surface area contributed by atoms with Gasteiger partial charge in [0, 0.05) is 5.39 Å². The van der Waals surface area contributed by atoms with E-state index in [1.807, 2.05) is 70.2 Å². The first-order valence-electron chi connectivity index (χ1n) is 6.63. The van der Waals surface area contributed by atoms with Gasteiger partial charge in [0.25, 0.3) is 0 Å². The average Bonchev–Trinajstić information content (AvgIpc) is 2.39. The average molecular weight is 256 g/mol. The van der Waals surface area contributed by atoms with Crippen LogP contribution in [0.1, 0.15) is 27.7 Å². The minimum Gasteiger partial charge on any atom is -0.425 e. The molecule has 0 aromatic heterocycles. The predicted octanol–water partition coefficient (Wildman–Crippen LogP) is 4.43. The van der Waals surface area contributed by atoms with Crippen LogP contribution in [0.2, 0.25) is 0 Å². The molecule has 0 heterocycles. The van der Waals surface area contributed by atoms with Gasteiger partial charge in [-0.05, 0) is 31.2 Å². The van der Waals surface area contributed by atoms with Gasteiger partial charge in [-0.25, -0.2) is 0 Å². The third-order valence-electron chi connectivity index (χ3n) is 3.92. The van der Waals surface area contributed by atoms with Crippen LogP contribution in [-0.2, 0) is 4.79 Å². The molecule has 0 amide bonds. The van der Waals surface area contributed by atoms with Gasteiger partial charge in [-0.15, -0.1) is 0 Å². The summed E-state index contributed by atoms with van der Waals surface area (Å²) in [5.41, 5.74) is -0.489. The summed E-state index contributed by atoms with van der Waals surface area (Å²) in [4.78, 5) is 12.3. The monoisotopic (exact) mass is 256 g/mol. The number of carbonyl (C=O) groups excluding carboxylic acids is 1. The van der Waals surface area contributed by atoms with Crippen LogP contribution >= 0.6 is 0 Å². The van der Waals surface area contributed by atoms with Gasteiger partial charge in [-0.2, -0.15) is 0 Å². The van der Waals surface area contributed by atoms with Crippen LogP contribution in [0.25, 0.3) is 10.8 Å². The van der Waals surface area contributed by atoms with E-state index in [2.05, 4.69) is 0 Å². The molecule has 2 aromatic carbocycles.